The van der Waals surface area contributed by atoms with Gasteiger partial charge >= 0.3 is 0 Å². The molecule has 5 heteroatoms. The lowest BCUT2D eigenvalue weighted by atomic mass is 10.1. The Kier molecular flexibility index (Phi) is 2.28. The number of hydrogen-bond donors (Lipinski definition) is 1. The molecule has 0 spiro atoms. The number of amides is 1. The van der Waals surface area contributed by atoms with Gasteiger partial charge in [-0.15, -0.1) is 11.3 Å². The zero-order chi connectivity index (χ0) is 9.26. The molecule has 1 aliphatic heterocycles. The number of carbonyl (C=O) groups is 1. The highest BCUT2D eigenvalue weighted by Gasteiger charge is 2.26. The van der Waals surface area contributed by atoms with Gasteiger partial charge in [0.2, 0.25) is 5.91 Å². The van der Waals surface area contributed by atoms with Crippen molar-refractivity contribution in [3.63, 3.8) is 0 Å². The van der Waals surface area contributed by atoms with E-state index in [1.165, 1.54) is 11.3 Å². The molecule has 1 aromatic rings. The van der Waals surface area contributed by atoms with Crippen LogP contribution >= 0.6 is 11.3 Å². The molecule has 0 bridgehead atoms. The van der Waals surface area contributed by atoms with E-state index in [1.54, 1.807) is 0 Å². The van der Waals surface area contributed by atoms with Gasteiger partial charge in [0.05, 0.1) is 24.1 Å². The summed E-state index contributed by atoms with van der Waals surface area (Å²) >= 11 is 1.53. The van der Waals surface area contributed by atoms with E-state index in [0.29, 0.717) is 19.0 Å². The summed E-state index contributed by atoms with van der Waals surface area (Å²) in [5.74, 6) is 0.679. The molecule has 0 saturated carbocycles. The number of thiazole rings is 1. The monoisotopic (exact) mass is 198 g/mol. The third-order valence-electron chi connectivity index (χ3n) is 1.88. The molecular formula is C8H10N2O2S. The Hall–Kier alpha value is -0.940. The number of ether oxygens (including phenoxy) is 1. The van der Waals surface area contributed by atoms with Gasteiger partial charge in [-0.1, -0.05) is 0 Å². The maximum absolute atomic E-state index is 11.4. The van der Waals surface area contributed by atoms with Gasteiger partial charge in [-0.3, -0.25) is 4.79 Å². The van der Waals surface area contributed by atoms with Gasteiger partial charge in [0.25, 0.3) is 0 Å². The van der Waals surface area contributed by atoms with Gasteiger partial charge in [-0.2, -0.15) is 0 Å². The van der Waals surface area contributed by atoms with Crippen molar-refractivity contribution in [2.24, 2.45) is 5.92 Å². The van der Waals surface area contributed by atoms with E-state index in [-0.39, 0.29) is 11.8 Å². The van der Waals surface area contributed by atoms with E-state index in [4.69, 9.17) is 4.74 Å². The molecule has 0 aromatic carbocycles. The van der Waals surface area contributed by atoms with Gasteiger partial charge in [0.1, 0.15) is 5.82 Å². The normalized spacial score (nSPS) is 16.7. The summed E-state index contributed by atoms with van der Waals surface area (Å²) in [5.41, 5.74) is 0. The average molecular weight is 198 g/mol. The third kappa shape index (κ3) is 1.87. The van der Waals surface area contributed by atoms with Crippen LogP contribution in [0.5, 0.6) is 0 Å². The SMILES string of the molecule is Cc1nc(NC(=O)C2COC2)cs1. The van der Waals surface area contributed by atoms with Gasteiger partial charge in [0, 0.05) is 5.38 Å². The number of carbonyl (C=O) groups excluding carboxylic acids is 1. The lowest BCUT2D eigenvalue weighted by Gasteiger charge is -2.24. The Labute approximate surface area is 79.9 Å². The Bertz CT molecular complexity index is 320. The average Bonchev–Trinajstić information content (AvgIpc) is 2.31. The van der Waals surface area contributed by atoms with E-state index >= 15 is 0 Å². The largest absolute Gasteiger partial charge is 0.380 e. The fourth-order valence-corrected chi connectivity index (χ4v) is 1.58. The first kappa shape index (κ1) is 8.65. The predicted molar refractivity (Wildman–Crippen MR) is 49.8 cm³/mol. The topological polar surface area (TPSA) is 51.2 Å². The summed E-state index contributed by atoms with van der Waals surface area (Å²) in [6, 6.07) is 0. The number of hydrogen-bond acceptors (Lipinski definition) is 4. The highest BCUT2D eigenvalue weighted by atomic mass is 32.1. The fourth-order valence-electron chi connectivity index (χ4n) is 1.04. The lowest BCUT2D eigenvalue weighted by Crippen LogP contribution is -2.38. The second-order valence-corrected chi connectivity index (χ2v) is 4.04. The minimum atomic E-state index is 0.0107. The van der Waals surface area contributed by atoms with Crippen molar-refractivity contribution in [3.8, 4) is 0 Å². The maximum Gasteiger partial charge on any atom is 0.233 e. The highest BCUT2D eigenvalue weighted by Crippen LogP contribution is 2.16. The second-order valence-electron chi connectivity index (χ2n) is 2.98. The molecule has 1 N–H and O–H groups in total. The standard InChI is InChI=1S/C8H10N2O2S/c1-5-9-7(4-13-5)10-8(11)6-2-12-3-6/h4,6H,2-3H2,1H3,(H,10,11). The smallest absolute Gasteiger partial charge is 0.233 e. The summed E-state index contributed by atoms with van der Waals surface area (Å²) in [5, 5.41) is 5.54. The Morgan fingerprint density at radius 3 is 3.00 bits per heavy atom. The molecule has 1 fully saturated rings. The predicted octanol–water partition coefficient (Wildman–Crippen LogP) is 1.04. The van der Waals surface area contributed by atoms with Crippen molar-refractivity contribution in [2.75, 3.05) is 18.5 Å². The minimum absolute atomic E-state index is 0.0107. The Morgan fingerprint density at radius 1 is 1.77 bits per heavy atom. The van der Waals surface area contributed by atoms with Crippen LogP contribution in [-0.4, -0.2) is 24.1 Å². The van der Waals surface area contributed by atoms with Crippen molar-refractivity contribution >= 4 is 23.1 Å². The molecule has 70 valence electrons. The van der Waals surface area contributed by atoms with E-state index in [9.17, 15) is 4.79 Å². The van der Waals surface area contributed by atoms with E-state index in [1.807, 2.05) is 12.3 Å². The maximum atomic E-state index is 11.4. The van der Waals surface area contributed by atoms with Crippen LogP contribution in [0.25, 0.3) is 0 Å². The van der Waals surface area contributed by atoms with Crippen LogP contribution in [0.2, 0.25) is 0 Å². The molecule has 1 aromatic heterocycles. The van der Waals surface area contributed by atoms with Crippen molar-refractivity contribution < 1.29 is 9.53 Å². The molecule has 1 saturated heterocycles. The molecule has 1 amide bonds. The van der Waals surface area contributed by atoms with Crippen LogP contribution in [0.15, 0.2) is 5.38 Å². The summed E-state index contributed by atoms with van der Waals surface area (Å²) < 4.78 is 4.92. The first-order valence-corrected chi connectivity index (χ1v) is 4.94. The van der Waals surface area contributed by atoms with Crippen molar-refractivity contribution in [3.05, 3.63) is 10.4 Å². The van der Waals surface area contributed by atoms with E-state index in [0.717, 1.165) is 5.01 Å². The molecule has 2 heterocycles. The van der Waals surface area contributed by atoms with Crippen LogP contribution in [0.1, 0.15) is 5.01 Å². The number of aromatic nitrogens is 1. The fraction of sp³-hybridized carbons (Fsp3) is 0.500. The van der Waals surface area contributed by atoms with Crippen molar-refractivity contribution in [2.45, 2.75) is 6.92 Å². The van der Waals surface area contributed by atoms with E-state index < -0.39 is 0 Å². The number of nitrogens with one attached hydrogen (secondary N) is 1. The van der Waals surface area contributed by atoms with Crippen molar-refractivity contribution in [1.29, 1.82) is 0 Å². The van der Waals surface area contributed by atoms with Crippen LogP contribution in [0.4, 0.5) is 5.82 Å². The molecule has 0 atom stereocenters. The first-order valence-electron chi connectivity index (χ1n) is 4.06. The molecule has 2 rings (SSSR count). The molecule has 4 nitrogen and oxygen atoms in total. The number of rotatable bonds is 2. The summed E-state index contributed by atoms with van der Waals surface area (Å²) in [7, 11) is 0. The Balaban J connectivity index is 1.93. The van der Waals surface area contributed by atoms with Crippen LogP contribution in [0.3, 0.4) is 0 Å². The first-order chi connectivity index (χ1) is 6.25. The van der Waals surface area contributed by atoms with Gasteiger partial charge in [0.15, 0.2) is 0 Å². The molecule has 1 aliphatic rings. The molecule has 0 aliphatic carbocycles. The van der Waals surface area contributed by atoms with E-state index in [2.05, 4.69) is 10.3 Å². The quantitative estimate of drug-likeness (QED) is 0.772. The van der Waals surface area contributed by atoms with Crippen LogP contribution < -0.4 is 5.32 Å². The number of aryl methyl sites for hydroxylation is 1. The summed E-state index contributed by atoms with van der Waals surface area (Å²) in [6.07, 6.45) is 0. The lowest BCUT2D eigenvalue weighted by molar-refractivity contribution is -0.133. The minimum Gasteiger partial charge on any atom is -0.380 e. The zero-order valence-electron chi connectivity index (χ0n) is 7.24. The number of anilines is 1. The zero-order valence-corrected chi connectivity index (χ0v) is 8.06. The van der Waals surface area contributed by atoms with Crippen molar-refractivity contribution in [1.82, 2.24) is 4.98 Å². The molecule has 0 radical (unpaired) electrons. The molecule has 13 heavy (non-hydrogen) atoms. The number of nitrogens with zero attached hydrogens (tertiary/aromatic N) is 1. The van der Waals surface area contributed by atoms with Crippen LogP contribution in [0, 0.1) is 12.8 Å². The summed E-state index contributed by atoms with van der Waals surface area (Å²) in [6.45, 7) is 2.98. The van der Waals surface area contributed by atoms with Crippen LogP contribution in [-0.2, 0) is 9.53 Å². The highest BCUT2D eigenvalue weighted by molar-refractivity contribution is 7.09. The Morgan fingerprint density at radius 2 is 2.54 bits per heavy atom. The van der Waals surface area contributed by atoms with Gasteiger partial charge < -0.3 is 10.1 Å². The second kappa shape index (κ2) is 3.43. The molecule has 0 unspecified atom stereocenters. The third-order valence-corrected chi connectivity index (χ3v) is 2.65. The van der Waals surface area contributed by atoms with Gasteiger partial charge in [-0.05, 0) is 6.92 Å². The summed E-state index contributed by atoms with van der Waals surface area (Å²) in [4.78, 5) is 15.5. The molecular weight excluding hydrogens is 188 g/mol. The van der Waals surface area contributed by atoms with Gasteiger partial charge in [-0.25, -0.2) is 4.98 Å².